The highest BCUT2D eigenvalue weighted by Crippen LogP contribution is 2.39. The highest BCUT2D eigenvalue weighted by molar-refractivity contribution is 7.93. The highest BCUT2D eigenvalue weighted by Gasteiger charge is 2.36. The fraction of sp³-hybridized carbons (Fsp3) is 0.125. The van der Waals surface area contributed by atoms with Gasteiger partial charge in [-0.15, -0.1) is 0 Å². The number of halogens is 2. The van der Waals surface area contributed by atoms with Gasteiger partial charge in [0.25, 0.3) is 10.0 Å². The zero-order chi connectivity index (χ0) is 16.8. The molecular formula is C16H14ClFN2O2S. The molecule has 0 unspecified atom stereocenters. The minimum atomic E-state index is -3.94. The Balaban J connectivity index is 2.30. The summed E-state index contributed by atoms with van der Waals surface area (Å²) in [4.78, 5) is 0.0235. The van der Waals surface area contributed by atoms with Crippen molar-refractivity contribution in [2.75, 3.05) is 4.31 Å². The molecule has 0 amide bonds. The van der Waals surface area contributed by atoms with E-state index in [0.717, 1.165) is 4.31 Å². The van der Waals surface area contributed by atoms with Crippen LogP contribution >= 0.6 is 11.6 Å². The van der Waals surface area contributed by atoms with Crippen LogP contribution in [0.2, 0.25) is 5.02 Å². The summed E-state index contributed by atoms with van der Waals surface area (Å²) in [6.07, 6.45) is 1.69. The van der Waals surface area contributed by atoms with E-state index in [1.54, 1.807) is 25.1 Å². The minimum Gasteiger partial charge on any atom is -0.323 e. The molecule has 0 saturated heterocycles. The number of nitrogens with two attached hydrogens (primary N) is 1. The van der Waals surface area contributed by atoms with Crippen LogP contribution in [-0.4, -0.2) is 14.5 Å². The quantitative estimate of drug-likeness (QED) is 0.901. The second-order valence-electron chi connectivity index (χ2n) is 5.26. The van der Waals surface area contributed by atoms with Gasteiger partial charge in [-0.1, -0.05) is 23.7 Å². The molecule has 0 aliphatic carbocycles. The molecular weight excluding hydrogens is 339 g/mol. The zero-order valence-electron chi connectivity index (χ0n) is 12.2. The number of fused-ring (bicyclic) bond motifs is 1. The number of sulfonamides is 1. The third-order valence-electron chi connectivity index (χ3n) is 3.56. The second kappa shape index (κ2) is 5.63. The Hall–Kier alpha value is -1.89. The first-order valence-electron chi connectivity index (χ1n) is 6.89. The number of benzene rings is 2. The molecule has 0 spiro atoms. The monoisotopic (exact) mass is 352 g/mol. The third kappa shape index (κ3) is 2.63. The number of hydrogen-bond donors (Lipinski definition) is 1. The van der Waals surface area contributed by atoms with Crippen molar-refractivity contribution in [2.24, 2.45) is 5.73 Å². The van der Waals surface area contributed by atoms with Crippen molar-refractivity contribution >= 4 is 33.4 Å². The average Bonchev–Trinajstić information content (AvgIpc) is 2.47. The first-order chi connectivity index (χ1) is 10.8. The first kappa shape index (κ1) is 16.0. The van der Waals surface area contributed by atoms with E-state index in [9.17, 15) is 12.8 Å². The molecule has 1 atom stereocenters. The first-order valence-corrected chi connectivity index (χ1v) is 8.71. The molecule has 3 rings (SSSR count). The van der Waals surface area contributed by atoms with E-state index in [1.165, 1.54) is 30.3 Å². The summed E-state index contributed by atoms with van der Waals surface area (Å²) in [7, 11) is -3.94. The standard InChI is InChI=1S/C16H14ClFN2O2S/c1-10(19)15-9-11-3-2-4-14(17)16(11)23(21,22)20(15)13-7-5-12(18)6-8-13/h2-10H,19H2,1H3/t10-/m0/s1. The molecule has 1 heterocycles. The predicted molar refractivity (Wildman–Crippen MR) is 89.1 cm³/mol. The lowest BCUT2D eigenvalue weighted by Crippen LogP contribution is -2.40. The number of anilines is 1. The third-order valence-corrected chi connectivity index (χ3v) is 5.86. The molecule has 4 nitrogen and oxygen atoms in total. The Labute approximate surface area is 139 Å². The Bertz CT molecular complexity index is 893. The minimum absolute atomic E-state index is 0.0235. The van der Waals surface area contributed by atoms with Crippen LogP contribution in [0, 0.1) is 5.82 Å². The van der Waals surface area contributed by atoms with Gasteiger partial charge in [0.05, 0.1) is 16.4 Å². The topological polar surface area (TPSA) is 63.4 Å². The summed E-state index contributed by atoms with van der Waals surface area (Å²) in [5.41, 5.74) is 7.15. The van der Waals surface area contributed by atoms with Crippen molar-refractivity contribution in [2.45, 2.75) is 17.9 Å². The Morgan fingerprint density at radius 2 is 1.83 bits per heavy atom. The van der Waals surface area contributed by atoms with Gasteiger partial charge < -0.3 is 5.73 Å². The van der Waals surface area contributed by atoms with Crippen LogP contribution < -0.4 is 10.0 Å². The SMILES string of the molecule is C[C@H](N)C1=Cc2cccc(Cl)c2S(=O)(=O)N1c1ccc(F)cc1. The lowest BCUT2D eigenvalue weighted by Gasteiger charge is -2.33. The molecule has 1 aliphatic heterocycles. The van der Waals surface area contributed by atoms with E-state index in [-0.39, 0.29) is 9.92 Å². The molecule has 0 fully saturated rings. The number of rotatable bonds is 2. The summed E-state index contributed by atoms with van der Waals surface area (Å²) in [6.45, 7) is 1.69. The number of hydrogen-bond acceptors (Lipinski definition) is 3. The van der Waals surface area contributed by atoms with Crippen LogP contribution in [0.5, 0.6) is 0 Å². The van der Waals surface area contributed by atoms with E-state index in [0.29, 0.717) is 16.9 Å². The smallest absolute Gasteiger partial charge is 0.270 e. The van der Waals surface area contributed by atoms with Gasteiger partial charge in [-0.2, -0.15) is 0 Å². The van der Waals surface area contributed by atoms with E-state index in [1.807, 2.05) is 0 Å². The highest BCUT2D eigenvalue weighted by atomic mass is 35.5. The van der Waals surface area contributed by atoms with Gasteiger partial charge in [0.15, 0.2) is 0 Å². The van der Waals surface area contributed by atoms with Crippen molar-refractivity contribution in [3.8, 4) is 0 Å². The summed E-state index contributed by atoms with van der Waals surface area (Å²) in [6, 6.07) is 9.52. The molecule has 2 aromatic rings. The van der Waals surface area contributed by atoms with Gasteiger partial charge >= 0.3 is 0 Å². The molecule has 120 valence electrons. The largest absolute Gasteiger partial charge is 0.323 e. The average molecular weight is 353 g/mol. The molecule has 1 aliphatic rings. The van der Waals surface area contributed by atoms with Gasteiger partial charge in [-0.25, -0.2) is 17.1 Å². The van der Waals surface area contributed by atoms with E-state index in [2.05, 4.69) is 0 Å². The van der Waals surface area contributed by atoms with Gasteiger partial charge in [-0.3, -0.25) is 0 Å². The predicted octanol–water partition coefficient (Wildman–Crippen LogP) is 3.38. The molecule has 0 aromatic heterocycles. The van der Waals surface area contributed by atoms with Crippen LogP contribution in [0.1, 0.15) is 12.5 Å². The fourth-order valence-electron chi connectivity index (χ4n) is 2.54. The van der Waals surface area contributed by atoms with Crippen molar-refractivity contribution in [1.82, 2.24) is 0 Å². The maximum atomic E-state index is 13.2. The maximum Gasteiger partial charge on any atom is 0.270 e. The van der Waals surface area contributed by atoms with Crippen molar-refractivity contribution in [3.05, 3.63) is 64.6 Å². The van der Waals surface area contributed by atoms with Crippen molar-refractivity contribution in [1.29, 1.82) is 0 Å². The second-order valence-corrected chi connectivity index (χ2v) is 7.39. The molecule has 0 radical (unpaired) electrons. The van der Waals surface area contributed by atoms with Crippen LogP contribution in [0.3, 0.4) is 0 Å². The van der Waals surface area contributed by atoms with Crippen LogP contribution in [0.25, 0.3) is 6.08 Å². The van der Waals surface area contributed by atoms with Crippen LogP contribution in [-0.2, 0) is 10.0 Å². The lowest BCUT2D eigenvalue weighted by molar-refractivity contribution is 0.591. The Morgan fingerprint density at radius 1 is 1.17 bits per heavy atom. The Kier molecular flexibility index (Phi) is 3.91. The summed E-state index contributed by atoms with van der Waals surface area (Å²) >= 11 is 6.11. The zero-order valence-corrected chi connectivity index (χ0v) is 13.8. The van der Waals surface area contributed by atoms with Gasteiger partial charge in [-0.05, 0) is 48.9 Å². The molecule has 23 heavy (non-hydrogen) atoms. The molecule has 7 heteroatoms. The summed E-state index contributed by atoms with van der Waals surface area (Å²) in [5.74, 6) is -0.451. The lowest BCUT2D eigenvalue weighted by atomic mass is 10.1. The normalized spacial score (nSPS) is 17.4. The Morgan fingerprint density at radius 3 is 2.43 bits per heavy atom. The van der Waals surface area contributed by atoms with Gasteiger partial charge in [0, 0.05) is 6.04 Å². The van der Waals surface area contributed by atoms with Crippen molar-refractivity contribution < 1.29 is 12.8 Å². The van der Waals surface area contributed by atoms with Gasteiger partial charge in [0.2, 0.25) is 0 Å². The van der Waals surface area contributed by atoms with Crippen LogP contribution in [0.15, 0.2) is 53.1 Å². The molecule has 2 N–H and O–H groups in total. The van der Waals surface area contributed by atoms with Crippen LogP contribution in [0.4, 0.5) is 10.1 Å². The summed E-state index contributed by atoms with van der Waals surface area (Å²) < 4.78 is 40.4. The number of nitrogens with zero attached hydrogens (tertiary/aromatic N) is 1. The van der Waals surface area contributed by atoms with E-state index >= 15 is 0 Å². The van der Waals surface area contributed by atoms with Gasteiger partial charge in [0.1, 0.15) is 10.7 Å². The fourth-order valence-corrected chi connectivity index (χ4v) is 4.83. The summed E-state index contributed by atoms with van der Waals surface area (Å²) in [5, 5.41) is 0.134. The van der Waals surface area contributed by atoms with Crippen molar-refractivity contribution in [3.63, 3.8) is 0 Å². The van der Waals surface area contributed by atoms with E-state index in [4.69, 9.17) is 17.3 Å². The maximum absolute atomic E-state index is 13.2. The van der Waals surface area contributed by atoms with E-state index < -0.39 is 21.9 Å². The molecule has 2 aromatic carbocycles. The molecule has 0 bridgehead atoms. The molecule has 0 saturated carbocycles.